The molecule has 0 spiro atoms. The fourth-order valence-corrected chi connectivity index (χ4v) is 0.558. The summed E-state index contributed by atoms with van der Waals surface area (Å²) < 4.78 is 1.32. The number of carboxylic acid groups (broad SMARTS) is 6. The minimum atomic E-state index is -2.33. The molecule has 1 heterocycles. The molecule has 0 saturated carbocycles. The Morgan fingerprint density at radius 2 is 1.17 bits per heavy atom. The molecule has 0 amide bonds. The number of aromatic nitrogens is 1. The van der Waals surface area contributed by atoms with Gasteiger partial charge in [0.05, 0.1) is 0 Å². The summed E-state index contributed by atoms with van der Waals surface area (Å²) in [6.45, 7) is 0. The molecule has 0 unspecified atom stereocenters. The van der Waals surface area contributed by atoms with E-state index < -0.39 is 18.5 Å². The molecule has 0 bridgehead atoms. The maximum Gasteiger partial charge on any atom is 4.00 e. The molecule has 0 atom stereocenters. The third-order valence-electron chi connectivity index (χ3n) is 0.803. The summed E-state index contributed by atoms with van der Waals surface area (Å²) in [5.74, 6) is 0. The zero-order valence-corrected chi connectivity index (χ0v) is 17.1. The van der Waals surface area contributed by atoms with Gasteiger partial charge in [-0.3, -0.25) is 0 Å². The number of pyridine rings is 1. The Morgan fingerprint density at radius 1 is 0.913 bits per heavy atom. The minimum Gasteiger partial charge on any atom is -0.652 e. The Bertz CT molecular complexity index is 445. The zero-order chi connectivity index (χ0) is 16.7. The number of nitrogens with zero attached hydrogens (tertiary/aromatic N) is 1. The Morgan fingerprint density at radius 3 is 1.30 bits per heavy atom. The van der Waals surface area contributed by atoms with Crippen LogP contribution in [-0.2, 0) is 26.2 Å². The van der Waals surface area contributed by atoms with Gasteiger partial charge in [0.15, 0.2) is 0 Å². The molecule has 0 radical (unpaired) electrons. The number of carbonyl (C=O) groups is 3. The van der Waals surface area contributed by atoms with E-state index >= 15 is 0 Å². The van der Waals surface area contributed by atoms with Gasteiger partial charge in [-0.05, 0) is 30.6 Å². The molecule has 1 aromatic rings. The quantitative estimate of drug-likeness (QED) is 0.218. The first-order valence-corrected chi connectivity index (χ1v) is 4.42. The molecule has 0 aliphatic rings. The van der Waals surface area contributed by atoms with E-state index in [2.05, 4.69) is 12.2 Å². The average molecular weight is 439 g/mol. The van der Waals surface area contributed by atoms with Crippen molar-refractivity contribution in [1.29, 1.82) is 0 Å². The summed E-state index contributed by atoms with van der Waals surface area (Å²) in [5, 5.41) is 58.7. The molecular formula is C8H9N2NaO10SZr. The van der Waals surface area contributed by atoms with Crippen LogP contribution in [0.25, 0.3) is 0 Å². The van der Waals surface area contributed by atoms with E-state index in [1.807, 2.05) is 0 Å². The summed E-state index contributed by atoms with van der Waals surface area (Å²) in [5.41, 5.74) is 0. The van der Waals surface area contributed by atoms with E-state index in [-0.39, 0.29) is 61.9 Å². The largest absolute Gasteiger partial charge is 4.00 e. The van der Waals surface area contributed by atoms with Gasteiger partial charge in [-0.1, -0.05) is 18.3 Å². The number of carbonyl (C=O) groups excluding carboxylic acids is 3. The van der Waals surface area contributed by atoms with Crippen LogP contribution >= 0.6 is 12.2 Å². The van der Waals surface area contributed by atoms with Crippen molar-refractivity contribution in [2.24, 2.45) is 0 Å². The molecular weight excluding hydrogens is 430 g/mol. The van der Waals surface area contributed by atoms with Crippen LogP contribution in [0, 0.1) is 4.64 Å². The summed E-state index contributed by atoms with van der Waals surface area (Å²) >= 11 is 4.67. The topological polar surface area (TPSA) is 251 Å². The number of rotatable bonds is 0. The van der Waals surface area contributed by atoms with Gasteiger partial charge in [0.2, 0.25) is 0 Å². The fraction of sp³-hybridized carbons (Fsp3) is 0. The van der Waals surface area contributed by atoms with Crippen molar-refractivity contribution in [2.45, 2.75) is 0 Å². The average Bonchev–Trinajstić information content (AvgIpc) is 2.20. The Kier molecular flexibility index (Phi) is 42.3. The number of hydrogen-bond donors (Lipinski definition) is 2. The van der Waals surface area contributed by atoms with Gasteiger partial charge in [0.1, 0.15) is 4.64 Å². The van der Waals surface area contributed by atoms with Crippen LogP contribution in [0.1, 0.15) is 0 Å². The summed E-state index contributed by atoms with van der Waals surface area (Å²) in [7, 11) is 0. The van der Waals surface area contributed by atoms with E-state index in [1.165, 1.54) is 6.20 Å². The van der Waals surface area contributed by atoms with Crippen molar-refractivity contribution >= 4 is 30.7 Å². The molecule has 0 aliphatic carbocycles. The van der Waals surface area contributed by atoms with Gasteiger partial charge >= 0.3 is 55.8 Å². The Balaban J connectivity index is -0.0000000428. The van der Waals surface area contributed by atoms with Crippen molar-refractivity contribution in [3.63, 3.8) is 0 Å². The SMILES string of the molecule is O=C([O-])[O-].O=C([O-])[O-].O=C([O-])[O-].On1ccccc1=S.[NH4+].[Na+].[Zr+4]. The van der Waals surface area contributed by atoms with E-state index in [0.717, 1.165) is 4.73 Å². The van der Waals surface area contributed by atoms with Crippen molar-refractivity contribution < 1.29 is 106 Å². The first kappa shape index (κ1) is 37.8. The van der Waals surface area contributed by atoms with Gasteiger partial charge in [-0.15, -0.1) is 0 Å². The van der Waals surface area contributed by atoms with Crippen molar-refractivity contribution in [3.8, 4) is 0 Å². The summed E-state index contributed by atoms with van der Waals surface area (Å²) in [6, 6.07) is 5.13. The predicted molar refractivity (Wildman–Crippen MR) is 54.6 cm³/mol. The molecule has 0 fully saturated rings. The molecule has 0 aromatic carbocycles. The van der Waals surface area contributed by atoms with E-state index in [0.29, 0.717) is 4.64 Å². The van der Waals surface area contributed by atoms with Crippen LogP contribution in [0.3, 0.4) is 0 Å². The summed E-state index contributed by atoms with van der Waals surface area (Å²) in [6.07, 6.45) is -5.51. The maximum atomic E-state index is 8.73. The molecule has 0 aliphatic heterocycles. The summed E-state index contributed by atoms with van der Waals surface area (Å²) in [4.78, 5) is 25.0. The van der Waals surface area contributed by atoms with Gasteiger partial charge in [-0.25, -0.2) is 0 Å². The monoisotopic (exact) mass is 438 g/mol. The van der Waals surface area contributed by atoms with Crippen LogP contribution in [0.4, 0.5) is 14.4 Å². The van der Waals surface area contributed by atoms with E-state index in [1.54, 1.807) is 18.2 Å². The van der Waals surface area contributed by atoms with Gasteiger partial charge < -0.3 is 56.4 Å². The second-order valence-electron chi connectivity index (χ2n) is 2.13. The first-order valence-electron chi connectivity index (χ1n) is 4.01. The number of quaternary nitrogens is 1. The van der Waals surface area contributed by atoms with Crippen molar-refractivity contribution in [1.82, 2.24) is 10.9 Å². The molecule has 15 heteroatoms. The second kappa shape index (κ2) is 25.8. The second-order valence-corrected chi connectivity index (χ2v) is 2.55. The molecule has 1 aromatic heterocycles. The van der Waals surface area contributed by atoms with E-state index in [4.69, 9.17) is 50.2 Å². The molecule has 12 nitrogen and oxygen atoms in total. The fourth-order valence-electron chi connectivity index (χ4n) is 0.419. The first-order chi connectivity index (χ1) is 9.00. The molecule has 0 saturated heterocycles. The molecule has 5 N–H and O–H groups in total. The third-order valence-corrected chi connectivity index (χ3v) is 1.13. The van der Waals surface area contributed by atoms with Crippen molar-refractivity contribution in [3.05, 3.63) is 29.0 Å². The zero-order valence-electron chi connectivity index (χ0n) is 11.8. The minimum absolute atomic E-state index is 0. The van der Waals surface area contributed by atoms with Gasteiger partial charge in [0, 0.05) is 6.20 Å². The maximum absolute atomic E-state index is 8.73. The van der Waals surface area contributed by atoms with Crippen LogP contribution in [0.15, 0.2) is 24.4 Å². The van der Waals surface area contributed by atoms with Crippen LogP contribution in [-0.4, -0.2) is 28.4 Å². The Hall–Kier alpha value is -1.18. The molecule has 122 valence electrons. The normalized spacial score (nSPS) is 6.26. The standard InChI is InChI=1S/C5H5NOS.3CH2O3.H3N.Na.Zr/c7-6-4-2-1-3-5(6)8;3*2-1(3)4;;;/h1-4,7H;3*(H2,2,3,4);1H3;;/q;;;;;+1;+4/p-5. The third kappa shape index (κ3) is 76.5. The van der Waals surface area contributed by atoms with Gasteiger partial charge in [0.25, 0.3) is 0 Å². The van der Waals surface area contributed by atoms with E-state index in [9.17, 15) is 0 Å². The predicted octanol–water partition coefficient (Wildman–Crippen LogP) is -8.51. The van der Waals surface area contributed by atoms with Crippen LogP contribution in [0.5, 0.6) is 0 Å². The van der Waals surface area contributed by atoms with Crippen molar-refractivity contribution in [2.75, 3.05) is 0 Å². The molecule has 23 heavy (non-hydrogen) atoms. The molecule has 1 rings (SSSR count). The number of hydrogen-bond acceptors (Lipinski definition) is 11. The van der Waals surface area contributed by atoms with Crippen LogP contribution in [0.2, 0.25) is 0 Å². The smallest absolute Gasteiger partial charge is 0.652 e. The van der Waals surface area contributed by atoms with Crippen LogP contribution < -0.4 is 66.3 Å². The Labute approximate surface area is 175 Å². The van der Waals surface area contributed by atoms with Gasteiger partial charge in [-0.2, -0.15) is 4.73 Å².